The number of allylic oxidation sites excluding steroid dienone is 2. The zero-order valence-electron chi connectivity index (χ0n) is 8.53. The first-order chi connectivity index (χ1) is 6.24. The molecule has 0 bridgehead atoms. The second-order valence-electron chi connectivity index (χ2n) is 3.17. The molecule has 76 valence electrons. The van der Waals surface area contributed by atoms with Crippen molar-refractivity contribution in [2.24, 2.45) is 5.41 Å². The van der Waals surface area contributed by atoms with E-state index >= 15 is 0 Å². The van der Waals surface area contributed by atoms with Gasteiger partial charge in [0.05, 0.1) is 18.6 Å². The van der Waals surface area contributed by atoms with Gasteiger partial charge in [0.1, 0.15) is 0 Å². The molecule has 0 aromatic carbocycles. The molecule has 0 spiro atoms. The first kappa shape index (κ1) is 12.4. The van der Waals surface area contributed by atoms with Crippen LogP contribution < -0.4 is 0 Å². The molecule has 0 aliphatic carbocycles. The van der Waals surface area contributed by atoms with Gasteiger partial charge in [-0.3, -0.25) is 0 Å². The minimum absolute atomic E-state index is 0.0451. The molecule has 0 rings (SSSR count). The number of aliphatic hydroxyl groups excluding tert-OH is 2. The topological polar surface area (TPSA) is 40.5 Å². The molecule has 0 heterocycles. The van der Waals surface area contributed by atoms with Crippen LogP contribution in [0.25, 0.3) is 0 Å². The number of rotatable bonds is 6. The molecular weight excluding hydrogens is 164 g/mol. The Morgan fingerprint density at radius 3 is 1.54 bits per heavy atom. The average Bonchev–Trinajstić information content (AvgIpc) is 2.20. The molecule has 0 unspecified atom stereocenters. The van der Waals surface area contributed by atoms with Crippen LogP contribution in [-0.4, -0.2) is 23.4 Å². The number of aliphatic hydroxyl groups is 2. The summed E-state index contributed by atoms with van der Waals surface area (Å²) in [7, 11) is 0. The first-order valence-electron chi connectivity index (χ1n) is 4.81. The van der Waals surface area contributed by atoms with E-state index in [2.05, 4.69) is 0 Å². The van der Waals surface area contributed by atoms with Gasteiger partial charge in [-0.2, -0.15) is 0 Å². The Kier molecular flexibility index (Phi) is 6.55. The van der Waals surface area contributed by atoms with Gasteiger partial charge in [-0.25, -0.2) is 0 Å². The standard InChI is InChI=1S/C11H20O2/c1-3-5-7-11(9-12,10-13)8-6-4-2/h5-8,12-13H,3-4,9-10H2,1-2H3. The Bertz CT molecular complexity index is 151. The Labute approximate surface area is 80.6 Å². The van der Waals surface area contributed by atoms with Crippen LogP contribution in [0.3, 0.4) is 0 Å². The molecule has 0 fully saturated rings. The van der Waals surface area contributed by atoms with Gasteiger partial charge in [0.25, 0.3) is 0 Å². The molecule has 0 saturated heterocycles. The maximum absolute atomic E-state index is 9.17. The second-order valence-corrected chi connectivity index (χ2v) is 3.17. The van der Waals surface area contributed by atoms with Crippen molar-refractivity contribution >= 4 is 0 Å². The molecular formula is C11H20O2. The zero-order chi connectivity index (χ0) is 10.2. The van der Waals surface area contributed by atoms with Crippen molar-refractivity contribution in [3.63, 3.8) is 0 Å². The second kappa shape index (κ2) is 6.87. The highest BCUT2D eigenvalue weighted by Gasteiger charge is 2.20. The fraction of sp³-hybridized carbons (Fsp3) is 0.636. The smallest absolute Gasteiger partial charge is 0.0579 e. The molecule has 0 aromatic rings. The largest absolute Gasteiger partial charge is 0.395 e. The molecule has 2 heteroatoms. The lowest BCUT2D eigenvalue weighted by Crippen LogP contribution is -2.24. The van der Waals surface area contributed by atoms with Crippen molar-refractivity contribution in [2.45, 2.75) is 26.7 Å². The van der Waals surface area contributed by atoms with Crippen LogP contribution in [-0.2, 0) is 0 Å². The van der Waals surface area contributed by atoms with Gasteiger partial charge >= 0.3 is 0 Å². The van der Waals surface area contributed by atoms with Gasteiger partial charge in [-0.05, 0) is 12.8 Å². The molecule has 0 aliphatic heterocycles. The average molecular weight is 184 g/mol. The fourth-order valence-electron chi connectivity index (χ4n) is 1.02. The van der Waals surface area contributed by atoms with Crippen molar-refractivity contribution in [2.75, 3.05) is 13.2 Å². The van der Waals surface area contributed by atoms with Gasteiger partial charge in [0.15, 0.2) is 0 Å². The van der Waals surface area contributed by atoms with Crippen LogP contribution in [0.5, 0.6) is 0 Å². The summed E-state index contributed by atoms with van der Waals surface area (Å²) in [5.41, 5.74) is -0.563. The molecule has 13 heavy (non-hydrogen) atoms. The van der Waals surface area contributed by atoms with Gasteiger partial charge in [-0.15, -0.1) is 0 Å². The molecule has 0 radical (unpaired) electrons. The third kappa shape index (κ3) is 4.25. The lowest BCUT2D eigenvalue weighted by atomic mass is 9.88. The van der Waals surface area contributed by atoms with E-state index in [1.807, 2.05) is 38.2 Å². The van der Waals surface area contributed by atoms with Gasteiger partial charge < -0.3 is 10.2 Å². The highest BCUT2D eigenvalue weighted by molar-refractivity contribution is 5.11. The SMILES string of the molecule is CCC=CC(C=CCC)(CO)CO. The van der Waals surface area contributed by atoms with Crippen LogP contribution in [0.1, 0.15) is 26.7 Å². The fourth-order valence-corrected chi connectivity index (χ4v) is 1.02. The van der Waals surface area contributed by atoms with Crippen LogP contribution in [0.15, 0.2) is 24.3 Å². The van der Waals surface area contributed by atoms with E-state index in [1.165, 1.54) is 0 Å². The van der Waals surface area contributed by atoms with E-state index in [-0.39, 0.29) is 13.2 Å². The van der Waals surface area contributed by atoms with E-state index in [9.17, 15) is 0 Å². The first-order valence-corrected chi connectivity index (χ1v) is 4.81. The van der Waals surface area contributed by atoms with Crippen molar-refractivity contribution in [1.29, 1.82) is 0 Å². The van der Waals surface area contributed by atoms with Crippen LogP contribution in [0.4, 0.5) is 0 Å². The van der Waals surface area contributed by atoms with E-state index in [0.29, 0.717) is 0 Å². The van der Waals surface area contributed by atoms with E-state index < -0.39 is 5.41 Å². The summed E-state index contributed by atoms with van der Waals surface area (Å²) in [6.07, 6.45) is 9.51. The zero-order valence-corrected chi connectivity index (χ0v) is 8.53. The summed E-state index contributed by atoms with van der Waals surface area (Å²) in [5, 5.41) is 18.3. The van der Waals surface area contributed by atoms with Crippen molar-refractivity contribution in [3.8, 4) is 0 Å². The monoisotopic (exact) mass is 184 g/mol. The Morgan fingerprint density at radius 2 is 1.31 bits per heavy atom. The van der Waals surface area contributed by atoms with E-state index in [1.54, 1.807) is 0 Å². The highest BCUT2D eigenvalue weighted by atomic mass is 16.3. The maximum Gasteiger partial charge on any atom is 0.0579 e. The van der Waals surface area contributed by atoms with Gasteiger partial charge in [0, 0.05) is 0 Å². The predicted molar refractivity (Wildman–Crippen MR) is 55.5 cm³/mol. The summed E-state index contributed by atoms with van der Waals surface area (Å²) in [4.78, 5) is 0. The number of hydrogen-bond donors (Lipinski definition) is 2. The molecule has 0 aromatic heterocycles. The highest BCUT2D eigenvalue weighted by Crippen LogP contribution is 2.20. The van der Waals surface area contributed by atoms with Crippen molar-refractivity contribution < 1.29 is 10.2 Å². The quantitative estimate of drug-likeness (QED) is 0.619. The van der Waals surface area contributed by atoms with Crippen molar-refractivity contribution in [1.82, 2.24) is 0 Å². The Balaban J connectivity index is 4.48. The number of hydrogen-bond acceptors (Lipinski definition) is 2. The normalized spacial score (nSPS) is 13.2. The Hall–Kier alpha value is -0.600. The summed E-state index contributed by atoms with van der Waals surface area (Å²) in [5.74, 6) is 0. The molecule has 0 atom stereocenters. The summed E-state index contributed by atoms with van der Waals surface area (Å²) >= 11 is 0. The summed E-state index contributed by atoms with van der Waals surface area (Å²) in [6, 6.07) is 0. The van der Waals surface area contributed by atoms with Gasteiger partial charge in [-0.1, -0.05) is 38.2 Å². The van der Waals surface area contributed by atoms with Gasteiger partial charge in [0.2, 0.25) is 0 Å². The lowest BCUT2D eigenvalue weighted by Gasteiger charge is -2.21. The maximum atomic E-state index is 9.17. The summed E-state index contributed by atoms with van der Waals surface area (Å²) < 4.78 is 0. The van der Waals surface area contributed by atoms with Crippen LogP contribution in [0.2, 0.25) is 0 Å². The lowest BCUT2D eigenvalue weighted by molar-refractivity contribution is 0.129. The molecule has 2 N–H and O–H groups in total. The molecule has 0 saturated carbocycles. The molecule has 2 nitrogen and oxygen atoms in total. The molecule has 0 aliphatic rings. The Morgan fingerprint density at radius 1 is 0.923 bits per heavy atom. The van der Waals surface area contributed by atoms with Crippen LogP contribution in [0, 0.1) is 5.41 Å². The van der Waals surface area contributed by atoms with E-state index in [0.717, 1.165) is 12.8 Å². The minimum Gasteiger partial charge on any atom is -0.395 e. The predicted octanol–water partition coefficient (Wildman–Crippen LogP) is 1.89. The van der Waals surface area contributed by atoms with Crippen LogP contribution >= 0.6 is 0 Å². The summed E-state index contributed by atoms with van der Waals surface area (Å²) in [6.45, 7) is 3.96. The third-order valence-electron chi connectivity index (χ3n) is 1.96. The minimum atomic E-state index is -0.563. The van der Waals surface area contributed by atoms with Crippen molar-refractivity contribution in [3.05, 3.63) is 24.3 Å². The van der Waals surface area contributed by atoms with E-state index in [4.69, 9.17) is 10.2 Å². The third-order valence-corrected chi connectivity index (χ3v) is 1.96. The molecule has 0 amide bonds.